The molecular weight excluding hydrogens is 384 g/mol. The average Bonchev–Trinajstić information content (AvgIpc) is 3.44. The molecule has 0 unspecified atom stereocenters. The third kappa shape index (κ3) is 3.59. The van der Waals surface area contributed by atoms with E-state index in [1.54, 1.807) is 0 Å². The van der Waals surface area contributed by atoms with E-state index in [1.807, 2.05) is 16.6 Å². The van der Waals surface area contributed by atoms with Crippen molar-refractivity contribution in [3.8, 4) is 22.4 Å². The van der Waals surface area contributed by atoms with Crippen molar-refractivity contribution < 1.29 is 5.11 Å². The molecule has 158 valence electrons. The maximum Gasteiger partial charge on any atom is 0.166 e. The van der Waals surface area contributed by atoms with E-state index in [2.05, 4.69) is 66.4 Å². The Labute approximate surface area is 183 Å². The van der Waals surface area contributed by atoms with E-state index in [0.717, 1.165) is 71.8 Å². The maximum atomic E-state index is 9.92. The van der Waals surface area contributed by atoms with Crippen molar-refractivity contribution in [2.24, 2.45) is 0 Å². The van der Waals surface area contributed by atoms with Gasteiger partial charge < -0.3 is 10.0 Å². The number of hydrogen-bond donors (Lipinski definition) is 1. The van der Waals surface area contributed by atoms with Crippen LogP contribution in [-0.2, 0) is 6.42 Å². The summed E-state index contributed by atoms with van der Waals surface area (Å²) in [6.45, 7) is 3.25. The predicted molar refractivity (Wildman–Crippen MR) is 125 cm³/mol. The Morgan fingerprint density at radius 2 is 1.71 bits per heavy atom. The molecule has 2 aromatic heterocycles. The highest BCUT2D eigenvalue weighted by molar-refractivity contribution is 5.83. The molecule has 0 radical (unpaired) electrons. The van der Waals surface area contributed by atoms with Crippen molar-refractivity contribution in [2.45, 2.75) is 38.6 Å². The first-order chi connectivity index (χ1) is 15.3. The summed E-state index contributed by atoms with van der Waals surface area (Å²) in [5, 5.41) is 15.0. The first kappa shape index (κ1) is 19.8. The van der Waals surface area contributed by atoms with E-state index in [9.17, 15) is 5.11 Å². The molecule has 0 aliphatic carbocycles. The minimum absolute atomic E-state index is 0.122. The van der Waals surface area contributed by atoms with Crippen LogP contribution in [0.15, 0.2) is 66.7 Å². The zero-order valence-corrected chi connectivity index (χ0v) is 17.9. The second-order valence-corrected chi connectivity index (χ2v) is 8.21. The van der Waals surface area contributed by atoms with Crippen LogP contribution in [0, 0.1) is 0 Å². The summed E-state index contributed by atoms with van der Waals surface area (Å²) in [5.41, 5.74) is 6.36. The van der Waals surface area contributed by atoms with Gasteiger partial charge in [0, 0.05) is 23.7 Å². The first-order valence-electron chi connectivity index (χ1n) is 11.2. The van der Waals surface area contributed by atoms with Crippen LogP contribution in [0.1, 0.15) is 31.9 Å². The number of nitrogens with zero attached hydrogens (tertiary/aromatic N) is 4. The fraction of sp³-hybridized carbons (Fsp3) is 0.308. The quantitative estimate of drug-likeness (QED) is 0.485. The molecular formula is C26H28N4O. The molecule has 1 aliphatic heterocycles. The second kappa shape index (κ2) is 8.52. The number of aliphatic hydroxyl groups excluding tert-OH is 1. The summed E-state index contributed by atoms with van der Waals surface area (Å²) in [6.07, 6.45) is 4.00. The molecule has 0 spiro atoms. The molecule has 1 aliphatic rings. The van der Waals surface area contributed by atoms with Crippen molar-refractivity contribution in [1.29, 1.82) is 0 Å². The van der Waals surface area contributed by atoms with Gasteiger partial charge in [-0.05, 0) is 24.8 Å². The number of aliphatic hydroxyl groups is 1. The Bertz CT molecular complexity index is 1170. The largest absolute Gasteiger partial charge is 0.394 e. The normalized spacial score (nSPS) is 16.3. The zero-order chi connectivity index (χ0) is 21.2. The third-order valence-electron chi connectivity index (χ3n) is 6.15. The monoisotopic (exact) mass is 412 g/mol. The van der Waals surface area contributed by atoms with Crippen molar-refractivity contribution in [3.63, 3.8) is 0 Å². The number of rotatable bonds is 6. The molecule has 1 atom stereocenters. The summed E-state index contributed by atoms with van der Waals surface area (Å²) in [4.78, 5) is 7.39. The van der Waals surface area contributed by atoms with E-state index in [-0.39, 0.29) is 12.6 Å². The van der Waals surface area contributed by atoms with Crippen LogP contribution in [0.3, 0.4) is 0 Å². The fourth-order valence-electron chi connectivity index (χ4n) is 4.65. The lowest BCUT2D eigenvalue weighted by molar-refractivity contribution is 0.266. The minimum Gasteiger partial charge on any atom is -0.394 e. The standard InChI is InChI=1S/C26H28N4O/c1-2-10-22-25(20-13-7-4-8-14-20)26-27-24(29-16-9-15-21(29)18-31)17-23(30(26)28-22)19-11-5-3-6-12-19/h3-8,11-14,17,21,31H,2,9-10,15-16,18H2,1H3/t21-/m0/s1. The fourth-order valence-corrected chi connectivity index (χ4v) is 4.65. The van der Waals surface area contributed by atoms with Crippen molar-refractivity contribution >= 4 is 11.5 Å². The number of aryl methyl sites for hydroxylation is 1. The number of anilines is 1. The van der Waals surface area contributed by atoms with Gasteiger partial charge in [-0.25, -0.2) is 9.50 Å². The van der Waals surface area contributed by atoms with Gasteiger partial charge in [0.15, 0.2) is 5.65 Å². The number of aromatic nitrogens is 3. The van der Waals surface area contributed by atoms with Crippen LogP contribution in [0.25, 0.3) is 28.0 Å². The Balaban J connectivity index is 1.80. The van der Waals surface area contributed by atoms with Gasteiger partial charge in [-0.3, -0.25) is 0 Å². The van der Waals surface area contributed by atoms with Crippen molar-refractivity contribution in [1.82, 2.24) is 14.6 Å². The molecule has 0 amide bonds. The van der Waals surface area contributed by atoms with Crippen LogP contribution in [0.2, 0.25) is 0 Å². The molecule has 5 nitrogen and oxygen atoms in total. The zero-order valence-electron chi connectivity index (χ0n) is 17.9. The van der Waals surface area contributed by atoms with Crippen molar-refractivity contribution in [3.05, 3.63) is 72.4 Å². The van der Waals surface area contributed by atoms with E-state index < -0.39 is 0 Å². The molecule has 2 aromatic carbocycles. The van der Waals surface area contributed by atoms with Crippen LogP contribution in [0.5, 0.6) is 0 Å². The molecule has 31 heavy (non-hydrogen) atoms. The van der Waals surface area contributed by atoms with E-state index in [4.69, 9.17) is 10.1 Å². The Morgan fingerprint density at radius 3 is 2.39 bits per heavy atom. The molecule has 5 rings (SSSR count). The summed E-state index contributed by atoms with van der Waals surface area (Å²) < 4.78 is 2.01. The van der Waals surface area contributed by atoms with Crippen LogP contribution in [0.4, 0.5) is 5.82 Å². The van der Waals surface area contributed by atoms with Gasteiger partial charge in [-0.1, -0.05) is 74.0 Å². The molecule has 1 N–H and O–H groups in total. The maximum absolute atomic E-state index is 9.92. The highest BCUT2D eigenvalue weighted by Gasteiger charge is 2.27. The van der Waals surface area contributed by atoms with Gasteiger partial charge in [0.2, 0.25) is 0 Å². The van der Waals surface area contributed by atoms with Crippen LogP contribution >= 0.6 is 0 Å². The lowest BCUT2D eigenvalue weighted by atomic mass is 10.0. The molecule has 4 aromatic rings. The van der Waals surface area contributed by atoms with Crippen LogP contribution < -0.4 is 4.90 Å². The predicted octanol–water partition coefficient (Wildman–Crippen LogP) is 4.98. The summed E-state index contributed by atoms with van der Waals surface area (Å²) in [7, 11) is 0. The van der Waals surface area contributed by atoms with Gasteiger partial charge in [0.1, 0.15) is 5.82 Å². The third-order valence-corrected chi connectivity index (χ3v) is 6.15. The van der Waals surface area contributed by atoms with Gasteiger partial charge in [0.05, 0.1) is 24.0 Å². The molecule has 5 heteroatoms. The highest BCUT2D eigenvalue weighted by Crippen LogP contribution is 2.35. The van der Waals surface area contributed by atoms with Gasteiger partial charge in [0.25, 0.3) is 0 Å². The van der Waals surface area contributed by atoms with E-state index in [0.29, 0.717) is 0 Å². The molecule has 0 bridgehead atoms. The highest BCUT2D eigenvalue weighted by atomic mass is 16.3. The van der Waals surface area contributed by atoms with E-state index >= 15 is 0 Å². The summed E-state index contributed by atoms with van der Waals surface area (Å²) in [5.74, 6) is 0.919. The Kier molecular flexibility index (Phi) is 5.43. The average molecular weight is 413 g/mol. The Morgan fingerprint density at radius 1 is 1.00 bits per heavy atom. The first-order valence-corrected chi connectivity index (χ1v) is 11.2. The summed E-state index contributed by atoms with van der Waals surface area (Å²) in [6, 6.07) is 23.1. The molecule has 1 saturated heterocycles. The topological polar surface area (TPSA) is 53.7 Å². The minimum atomic E-state index is 0.122. The smallest absolute Gasteiger partial charge is 0.166 e. The second-order valence-electron chi connectivity index (χ2n) is 8.21. The molecule has 0 saturated carbocycles. The van der Waals surface area contributed by atoms with Gasteiger partial charge in [-0.2, -0.15) is 5.10 Å². The van der Waals surface area contributed by atoms with Gasteiger partial charge >= 0.3 is 0 Å². The molecule has 3 heterocycles. The van der Waals surface area contributed by atoms with E-state index in [1.165, 1.54) is 0 Å². The Hall–Kier alpha value is -3.18. The SMILES string of the molecule is CCCc1nn2c(-c3ccccc3)cc(N3CCC[C@H]3CO)nc2c1-c1ccccc1. The van der Waals surface area contributed by atoms with Crippen molar-refractivity contribution in [2.75, 3.05) is 18.1 Å². The molecule has 1 fully saturated rings. The summed E-state index contributed by atoms with van der Waals surface area (Å²) >= 11 is 0. The number of fused-ring (bicyclic) bond motifs is 1. The lowest BCUT2D eigenvalue weighted by Gasteiger charge is -2.25. The number of hydrogen-bond acceptors (Lipinski definition) is 4. The number of benzene rings is 2. The van der Waals surface area contributed by atoms with Crippen LogP contribution in [-0.4, -0.2) is 38.9 Å². The van der Waals surface area contributed by atoms with Gasteiger partial charge in [-0.15, -0.1) is 0 Å². The lowest BCUT2D eigenvalue weighted by Crippen LogP contribution is -2.32.